The number of H-pyrrole nitrogens is 1. The molecule has 0 atom stereocenters. The lowest BCUT2D eigenvalue weighted by Crippen LogP contribution is -2.31. The van der Waals surface area contributed by atoms with E-state index in [1.807, 2.05) is 19.1 Å². The van der Waals surface area contributed by atoms with E-state index >= 15 is 0 Å². The molecule has 1 heterocycles. The number of hydrogen-bond donors (Lipinski definition) is 2. The van der Waals surface area contributed by atoms with Crippen LogP contribution in [0.15, 0.2) is 29.2 Å². The van der Waals surface area contributed by atoms with Gasteiger partial charge in [-0.15, -0.1) is 0 Å². The maximum atomic E-state index is 12.2. The third-order valence-corrected chi connectivity index (χ3v) is 2.87. The zero-order valence-corrected chi connectivity index (χ0v) is 10.9. The van der Waals surface area contributed by atoms with Crippen molar-refractivity contribution in [2.45, 2.75) is 6.92 Å². The lowest BCUT2D eigenvalue weighted by molar-refractivity contribution is 0.0936. The van der Waals surface area contributed by atoms with Crippen LogP contribution in [0.2, 0.25) is 0 Å². The van der Waals surface area contributed by atoms with Crippen molar-refractivity contribution in [3.63, 3.8) is 0 Å². The third-order valence-electron chi connectivity index (χ3n) is 2.87. The maximum absolute atomic E-state index is 12.2. The number of methoxy groups -OCH3 is 1. The van der Waals surface area contributed by atoms with Gasteiger partial charge in [-0.1, -0.05) is 11.6 Å². The molecule has 2 rings (SSSR count). The highest BCUT2D eigenvalue weighted by atomic mass is 16.5. The van der Waals surface area contributed by atoms with Gasteiger partial charge in [0, 0.05) is 30.8 Å². The molecule has 1 aromatic heterocycles. The smallest absolute Gasteiger partial charge is 0.256 e. The number of rotatable bonds is 4. The van der Waals surface area contributed by atoms with Crippen molar-refractivity contribution in [2.75, 3.05) is 20.3 Å². The SMILES string of the molecule is COCCNC(=O)c1c[nH]c2ccc(C)cc2c1=O. The molecule has 0 radical (unpaired) electrons. The number of aromatic nitrogens is 1. The Balaban J connectivity index is 2.37. The minimum atomic E-state index is -0.387. The van der Waals surface area contributed by atoms with Gasteiger partial charge in [0.15, 0.2) is 0 Å². The summed E-state index contributed by atoms with van der Waals surface area (Å²) < 4.78 is 4.84. The number of amides is 1. The molecule has 0 saturated heterocycles. The number of carbonyl (C=O) groups is 1. The molecule has 5 nitrogen and oxygen atoms in total. The highest BCUT2D eigenvalue weighted by Crippen LogP contribution is 2.10. The van der Waals surface area contributed by atoms with Crippen molar-refractivity contribution < 1.29 is 9.53 Å². The van der Waals surface area contributed by atoms with E-state index in [4.69, 9.17) is 4.74 Å². The van der Waals surface area contributed by atoms with Crippen molar-refractivity contribution in [3.05, 3.63) is 45.7 Å². The Morgan fingerprint density at radius 2 is 2.21 bits per heavy atom. The summed E-state index contributed by atoms with van der Waals surface area (Å²) in [6.45, 7) is 2.70. The molecule has 0 bridgehead atoms. The average molecular weight is 260 g/mol. The van der Waals surface area contributed by atoms with Gasteiger partial charge in [0.05, 0.1) is 6.61 Å². The molecule has 2 N–H and O–H groups in total. The van der Waals surface area contributed by atoms with Gasteiger partial charge in [-0.2, -0.15) is 0 Å². The Kier molecular flexibility index (Phi) is 3.97. The van der Waals surface area contributed by atoms with E-state index in [1.165, 1.54) is 6.20 Å². The summed E-state index contributed by atoms with van der Waals surface area (Å²) in [5, 5.41) is 3.16. The van der Waals surface area contributed by atoms with Crippen molar-refractivity contribution >= 4 is 16.8 Å². The van der Waals surface area contributed by atoms with Crippen LogP contribution in [0.1, 0.15) is 15.9 Å². The van der Waals surface area contributed by atoms with Gasteiger partial charge in [0.25, 0.3) is 5.91 Å². The zero-order chi connectivity index (χ0) is 13.8. The van der Waals surface area contributed by atoms with Crippen LogP contribution in [0.5, 0.6) is 0 Å². The van der Waals surface area contributed by atoms with E-state index in [2.05, 4.69) is 10.3 Å². The largest absolute Gasteiger partial charge is 0.383 e. The first-order valence-corrected chi connectivity index (χ1v) is 6.02. The van der Waals surface area contributed by atoms with E-state index in [1.54, 1.807) is 13.2 Å². The second kappa shape index (κ2) is 5.67. The lowest BCUT2D eigenvalue weighted by atomic mass is 10.1. The number of aromatic amines is 1. The fourth-order valence-electron chi connectivity index (χ4n) is 1.86. The second-order valence-electron chi connectivity index (χ2n) is 4.33. The molecule has 5 heteroatoms. The van der Waals surface area contributed by atoms with Gasteiger partial charge >= 0.3 is 0 Å². The Morgan fingerprint density at radius 1 is 1.42 bits per heavy atom. The number of ether oxygens (including phenoxy) is 1. The van der Waals surface area contributed by atoms with E-state index in [0.29, 0.717) is 18.5 Å². The lowest BCUT2D eigenvalue weighted by Gasteiger charge is -2.05. The standard InChI is InChI=1S/C14H16N2O3/c1-9-3-4-12-10(7-9)13(17)11(8-16-12)14(18)15-5-6-19-2/h3-4,7-8H,5-6H2,1-2H3,(H,15,18)(H,16,17). The van der Waals surface area contributed by atoms with Crippen LogP contribution in [0, 0.1) is 6.92 Å². The van der Waals surface area contributed by atoms with Gasteiger partial charge in [0.2, 0.25) is 5.43 Å². The molecule has 0 aliphatic heterocycles. The summed E-state index contributed by atoms with van der Waals surface area (Å²) >= 11 is 0. The maximum Gasteiger partial charge on any atom is 0.256 e. The molecule has 2 aromatic rings. The van der Waals surface area contributed by atoms with Crippen LogP contribution in [0.25, 0.3) is 10.9 Å². The first-order valence-electron chi connectivity index (χ1n) is 6.02. The summed E-state index contributed by atoms with van der Waals surface area (Å²) in [6, 6.07) is 5.52. The molecular weight excluding hydrogens is 244 g/mol. The Bertz CT molecular complexity index is 661. The molecule has 19 heavy (non-hydrogen) atoms. The summed E-state index contributed by atoms with van der Waals surface area (Å²) in [5.41, 5.74) is 1.57. The van der Waals surface area contributed by atoms with Gasteiger partial charge < -0.3 is 15.0 Å². The highest BCUT2D eigenvalue weighted by molar-refractivity contribution is 5.97. The van der Waals surface area contributed by atoms with Crippen molar-refractivity contribution in [1.29, 1.82) is 0 Å². The fourth-order valence-corrected chi connectivity index (χ4v) is 1.86. The molecule has 1 amide bonds. The summed E-state index contributed by atoms with van der Waals surface area (Å²) in [7, 11) is 1.55. The van der Waals surface area contributed by atoms with Crippen molar-refractivity contribution in [2.24, 2.45) is 0 Å². The van der Waals surface area contributed by atoms with Crippen LogP contribution in [0.4, 0.5) is 0 Å². The number of hydrogen-bond acceptors (Lipinski definition) is 3. The molecular formula is C14H16N2O3. The van der Waals surface area contributed by atoms with E-state index in [9.17, 15) is 9.59 Å². The molecule has 0 fully saturated rings. The molecule has 1 aromatic carbocycles. The van der Waals surface area contributed by atoms with Crippen LogP contribution in [-0.4, -0.2) is 31.2 Å². The van der Waals surface area contributed by atoms with E-state index in [-0.39, 0.29) is 16.9 Å². The number of benzene rings is 1. The van der Waals surface area contributed by atoms with Gasteiger partial charge in [-0.3, -0.25) is 9.59 Å². The summed E-state index contributed by atoms with van der Waals surface area (Å²) in [6.07, 6.45) is 1.45. The predicted molar refractivity (Wildman–Crippen MR) is 73.5 cm³/mol. The quantitative estimate of drug-likeness (QED) is 0.812. The first kappa shape index (κ1) is 13.3. The summed E-state index contributed by atoms with van der Waals surface area (Å²) in [5.74, 6) is -0.387. The minimum Gasteiger partial charge on any atom is -0.383 e. The van der Waals surface area contributed by atoms with Crippen LogP contribution < -0.4 is 10.7 Å². The molecule has 100 valence electrons. The number of aryl methyl sites for hydroxylation is 1. The van der Waals surface area contributed by atoms with Crippen LogP contribution >= 0.6 is 0 Å². The number of pyridine rings is 1. The molecule has 0 saturated carbocycles. The Morgan fingerprint density at radius 3 is 2.95 bits per heavy atom. The fraction of sp³-hybridized carbons (Fsp3) is 0.286. The first-order chi connectivity index (χ1) is 9.13. The second-order valence-corrected chi connectivity index (χ2v) is 4.33. The minimum absolute atomic E-state index is 0.120. The Labute approximate surface area is 110 Å². The highest BCUT2D eigenvalue weighted by Gasteiger charge is 2.12. The number of carbonyl (C=O) groups excluding carboxylic acids is 1. The Hall–Kier alpha value is -2.14. The molecule has 0 spiro atoms. The van der Waals surface area contributed by atoms with Crippen molar-refractivity contribution in [3.8, 4) is 0 Å². The van der Waals surface area contributed by atoms with Crippen molar-refractivity contribution in [1.82, 2.24) is 10.3 Å². The number of nitrogens with one attached hydrogen (secondary N) is 2. The normalized spacial score (nSPS) is 10.6. The molecule has 0 aliphatic rings. The van der Waals surface area contributed by atoms with E-state index < -0.39 is 0 Å². The average Bonchev–Trinajstić information content (AvgIpc) is 2.40. The summed E-state index contributed by atoms with van der Waals surface area (Å²) in [4.78, 5) is 27.1. The third kappa shape index (κ3) is 2.82. The zero-order valence-electron chi connectivity index (χ0n) is 10.9. The monoisotopic (exact) mass is 260 g/mol. The van der Waals surface area contributed by atoms with Gasteiger partial charge in [-0.05, 0) is 19.1 Å². The topological polar surface area (TPSA) is 71.2 Å². The van der Waals surface area contributed by atoms with Crippen LogP contribution in [-0.2, 0) is 4.74 Å². The molecule has 0 aliphatic carbocycles. The van der Waals surface area contributed by atoms with Gasteiger partial charge in [-0.25, -0.2) is 0 Å². The number of fused-ring (bicyclic) bond motifs is 1. The predicted octanol–water partition coefficient (Wildman–Crippen LogP) is 1.21. The van der Waals surface area contributed by atoms with E-state index in [0.717, 1.165) is 11.1 Å². The van der Waals surface area contributed by atoms with Crippen LogP contribution in [0.3, 0.4) is 0 Å². The van der Waals surface area contributed by atoms with Gasteiger partial charge in [0.1, 0.15) is 5.56 Å². The molecule has 0 unspecified atom stereocenters.